The van der Waals surface area contributed by atoms with Crippen LogP contribution in [0.3, 0.4) is 0 Å². The van der Waals surface area contributed by atoms with Gasteiger partial charge in [-0.15, -0.1) is 0 Å². The second-order valence-corrected chi connectivity index (χ2v) is 3.80. The van der Waals surface area contributed by atoms with E-state index >= 15 is 0 Å². The molecule has 0 aromatic heterocycles. The number of hydrogen-bond acceptors (Lipinski definition) is 3. The molecule has 0 aliphatic carbocycles. The number of likely N-dealkylation sites (N-methyl/N-ethyl adjacent to an activating group) is 1. The van der Waals surface area contributed by atoms with Crippen molar-refractivity contribution in [2.45, 2.75) is 13.8 Å². The SMILES string of the molecule is CCN(CC)C(=O)COc1cccc(C(=N)N)c1. The van der Waals surface area contributed by atoms with Gasteiger partial charge in [-0.1, -0.05) is 12.1 Å². The standard InChI is InChI=1S/C13H19N3O2/c1-3-16(4-2)12(17)9-18-11-7-5-6-10(8-11)13(14)15/h5-8H,3-4,9H2,1-2H3,(H3,14,15). The molecule has 0 aliphatic rings. The zero-order valence-electron chi connectivity index (χ0n) is 10.8. The molecule has 3 N–H and O–H groups in total. The molecule has 0 bridgehead atoms. The summed E-state index contributed by atoms with van der Waals surface area (Å²) < 4.78 is 5.40. The second-order valence-electron chi connectivity index (χ2n) is 3.80. The number of nitrogens with one attached hydrogen (secondary N) is 1. The Hall–Kier alpha value is -2.04. The van der Waals surface area contributed by atoms with Crippen LogP contribution in [0.1, 0.15) is 19.4 Å². The van der Waals surface area contributed by atoms with Crippen LogP contribution in [0.2, 0.25) is 0 Å². The van der Waals surface area contributed by atoms with Gasteiger partial charge < -0.3 is 15.4 Å². The predicted octanol–water partition coefficient (Wildman–Crippen LogP) is 1.22. The van der Waals surface area contributed by atoms with Crippen molar-refractivity contribution in [2.75, 3.05) is 19.7 Å². The number of nitrogen functional groups attached to an aromatic ring is 1. The van der Waals surface area contributed by atoms with Gasteiger partial charge in [0.15, 0.2) is 6.61 Å². The summed E-state index contributed by atoms with van der Waals surface area (Å²) in [6.07, 6.45) is 0. The number of ether oxygens (including phenoxy) is 1. The molecule has 0 saturated carbocycles. The maximum Gasteiger partial charge on any atom is 0.260 e. The summed E-state index contributed by atoms with van der Waals surface area (Å²) in [6, 6.07) is 6.86. The van der Waals surface area contributed by atoms with E-state index in [0.29, 0.717) is 24.4 Å². The summed E-state index contributed by atoms with van der Waals surface area (Å²) in [7, 11) is 0. The zero-order valence-corrected chi connectivity index (χ0v) is 10.8. The topological polar surface area (TPSA) is 79.4 Å². The lowest BCUT2D eigenvalue weighted by molar-refractivity contribution is -0.132. The van der Waals surface area contributed by atoms with Crippen molar-refractivity contribution in [2.24, 2.45) is 5.73 Å². The molecule has 98 valence electrons. The van der Waals surface area contributed by atoms with E-state index in [1.165, 1.54) is 0 Å². The highest BCUT2D eigenvalue weighted by molar-refractivity contribution is 5.95. The molecule has 5 nitrogen and oxygen atoms in total. The Morgan fingerprint density at radius 3 is 2.61 bits per heavy atom. The second kappa shape index (κ2) is 6.64. The molecule has 5 heteroatoms. The van der Waals surface area contributed by atoms with Crippen molar-refractivity contribution in [3.63, 3.8) is 0 Å². The number of benzene rings is 1. The fourth-order valence-electron chi connectivity index (χ4n) is 1.57. The number of nitrogens with two attached hydrogens (primary N) is 1. The fraction of sp³-hybridized carbons (Fsp3) is 0.385. The van der Waals surface area contributed by atoms with Crippen LogP contribution in [0, 0.1) is 5.41 Å². The van der Waals surface area contributed by atoms with Gasteiger partial charge in [-0.25, -0.2) is 0 Å². The monoisotopic (exact) mass is 249 g/mol. The lowest BCUT2D eigenvalue weighted by Gasteiger charge is -2.18. The quantitative estimate of drug-likeness (QED) is 0.587. The first-order valence-corrected chi connectivity index (χ1v) is 5.93. The Labute approximate surface area is 107 Å². The summed E-state index contributed by atoms with van der Waals surface area (Å²) in [5.74, 6) is 0.479. The molecule has 0 atom stereocenters. The summed E-state index contributed by atoms with van der Waals surface area (Å²) in [5.41, 5.74) is 5.97. The van der Waals surface area contributed by atoms with Crippen LogP contribution in [0.5, 0.6) is 5.75 Å². The van der Waals surface area contributed by atoms with E-state index in [4.69, 9.17) is 15.9 Å². The van der Waals surface area contributed by atoms with Gasteiger partial charge in [-0.3, -0.25) is 10.2 Å². The van der Waals surface area contributed by atoms with Gasteiger partial charge in [-0.05, 0) is 26.0 Å². The third-order valence-electron chi connectivity index (χ3n) is 2.62. The molecule has 0 heterocycles. The highest BCUT2D eigenvalue weighted by Crippen LogP contribution is 2.12. The number of amides is 1. The van der Waals surface area contributed by atoms with Crippen LogP contribution in [0.4, 0.5) is 0 Å². The molecule has 0 saturated heterocycles. The maximum atomic E-state index is 11.7. The van der Waals surface area contributed by atoms with Crippen LogP contribution in [-0.2, 0) is 4.79 Å². The number of carbonyl (C=O) groups is 1. The molecule has 0 spiro atoms. The number of rotatable bonds is 6. The highest BCUT2D eigenvalue weighted by Gasteiger charge is 2.10. The van der Waals surface area contributed by atoms with Crippen molar-refractivity contribution >= 4 is 11.7 Å². The lowest BCUT2D eigenvalue weighted by atomic mass is 10.2. The van der Waals surface area contributed by atoms with Gasteiger partial charge in [0.05, 0.1) is 0 Å². The average Bonchev–Trinajstić information content (AvgIpc) is 2.38. The first-order valence-electron chi connectivity index (χ1n) is 5.93. The summed E-state index contributed by atoms with van der Waals surface area (Å²) in [4.78, 5) is 13.4. The molecule has 1 aromatic carbocycles. The van der Waals surface area contributed by atoms with Gasteiger partial charge in [0.1, 0.15) is 11.6 Å². The maximum absolute atomic E-state index is 11.7. The van der Waals surface area contributed by atoms with Crippen LogP contribution in [0.15, 0.2) is 24.3 Å². The van der Waals surface area contributed by atoms with Crippen LogP contribution in [-0.4, -0.2) is 36.3 Å². The Morgan fingerprint density at radius 1 is 1.39 bits per heavy atom. The first kappa shape index (κ1) is 14.0. The number of nitrogens with zero attached hydrogens (tertiary/aromatic N) is 1. The summed E-state index contributed by atoms with van der Waals surface area (Å²) in [6.45, 7) is 5.21. The number of amidine groups is 1. The lowest BCUT2D eigenvalue weighted by Crippen LogP contribution is -2.34. The van der Waals surface area contributed by atoms with Crippen molar-refractivity contribution in [1.82, 2.24) is 4.90 Å². The van der Waals surface area contributed by atoms with Crippen LogP contribution in [0.25, 0.3) is 0 Å². The van der Waals surface area contributed by atoms with E-state index in [1.807, 2.05) is 13.8 Å². The molecule has 0 aliphatic heterocycles. The zero-order chi connectivity index (χ0) is 13.5. The molecular formula is C13H19N3O2. The van der Waals surface area contributed by atoms with E-state index in [2.05, 4.69) is 0 Å². The van der Waals surface area contributed by atoms with Crippen molar-refractivity contribution in [1.29, 1.82) is 5.41 Å². The minimum Gasteiger partial charge on any atom is -0.484 e. The summed E-state index contributed by atoms with van der Waals surface area (Å²) in [5, 5.41) is 7.32. The Kier molecular flexibility index (Phi) is 5.17. The van der Waals surface area contributed by atoms with Crippen LogP contribution >= 0.6 is 0 Å². The molecule has 0 fully saturated rings. The number of carbonyl (C=O) groups excluding carboxylic acids is 1. The van der Waals surface area contributed by atoms with Gasteiger partial charge in [-0.2, -0.15) is 0 Å². The Morgan fingerprint density at radius 2 is 2.06 bits per heavy atom. The molecule has 0 unspecified atom stereocenters. The van der Waals surface area contributed by atoms with Crippen molar-refractivity contribution < 1.29 is 9.53 Å². The Balaban J connectivity index is 2.61. The smallest absolute Gasteiger partial charge is 0.260 e. The third-order valence-corrected chi connectivity index (χ3v) is 2.62. The van der Waals surface area contributed by atoms with E-state index < -0.39 is 0 Å². The summed E-state index contributed by atoms with van der Waals surface area (Å²) >= 11 is 0. The van der Waals surface area contributed by atoms with Gasteiger partial charge in [0, 0.05) is 18.7 Å². The highest BCUT2D eigenvalue weighted by atomic mass is 16.5. The van der Waals surface area contributed by atoms with E-state index in [9.17, 15) is 4.79 Å². The van der Waals surface area contributed by atoms with Gasteiger partial charge in [0.25, 0.3) is 5.91 Å². The predicted molar refractivity (Wildman–Crippen MR) is 70.9 cm³/mol. The van der Waals surface area contributed by atoms with E-state index in [-0.39, 0.29) is 18.3 Å². The molecular weight excluding hydrogens is 230 g/mol. The fourth-order valence-corrected chi connectivity index (χ4v) is 1.57. The van der Waals surface area contributed by atoms with Crippen molar-refractivity contribution in [3.8, 4) is 5.75 Å². The van der Waals surface area contributed by atoms with Crippen LogP contribution < -0.4 is 10.5 Å². The average molecular weight is 249 g/mol. The first-order chi connectivity index (χ1) is 8.58. The van der Waals surface area contributed by atoms with Gasteiger partial charge >= 0.3 is 0 Å². The molecule has 0 radical (unpaired) electrons. The van der Waals surface area contributed by atoms with Gasteiger partial charge in [0.2, 0.25) is 0 Å². The minimum atomic E-state index is -0.0479. The molecule has 1 amide bonds. The number of hydrogen-bond donors (Lipinski definition) is 2. The minimum absolute atomic E-state index is 0.00301. The molecule has 1 aromatic rings. The molecule has 18 heavy (non-hydrogen) atoms. The normalized spacial score (nSPS) is 9.89. The third kappa shape index (κ3) is 3.76. The largest absolute Gasteiger partial charge is 0.484 e. The Bertz CT molecular complexity index is 428. The van der Waals surface area contributed by atoms with Crippen molar-refractivity contribution in [3.05, 3.63) is 29.8 Å². The molecule has 1 rings (SSSR count). The van der Waals surface area contributed by atoms with E-state index in [0.717, 1.165) is 0 Å². The van der Waals surface area contributed by atoms with E-state index in [1.54, 1.807) is 29.2 Å².